The SMILES string of the molecule is CN1CCCC(N(C2COCN2)S(N)(=O)=O)C1.Cl. The molecule has 2 saturated heterocycles. The molecule has 9 heteroatoms. The van der Waals surface area contributed by atoms with E-state index in [1.807, 2.05) is 7.05 Å². The van der Waals surface area contributed by atoms with Crippen molar-refractivity contribution in [3.63, 3.8) is 0 Å². The second-order valence-electron chi connectivity index (χ2n) is 4.67. The van der Waals surface area contributed by atoms with E-state index in [2.05, 4.69) is 10.2 Å². The molecule has 2 atom stereocenters. The lowest BCUT2D eigenvalue weighted by molar-refractivity contribution is 0.125. The highest BCUT2D eigenvalue weighted by atomic mass is 35.5. The normalized spacial score (nSPS) is 30.4. The van der Waals surface area contributed by atoms with Gasteiger partial charge in [-0.2, -0.15) is 12.7 Å². The van der Waals surface area contributed by atoms with Crippen molar-refractivity contribution < 1.29 is 13.2 Å². The van der Waals surface area contributed by atoms with Crippen LogP contribution in [-0.4, -0.2) is 63.3 Å². The standard InChI is InChI=1S/C9H20N4O3S.ClH/c1-12-4-2-3-8(5-12)13(17(10,14)15)9-6-16-7-11-9;/h8-9,11H,2-7H2,1H3,(H2,10,14,15);1H. The van der Waals surface area contributed by atoms with Crippen molar-refractivity contribution in [2.45, 2.75) is 25.0 Å². The average molecular weight is 301 g/mol. The average Bonchev–Trinajstić information content (AvgIpc) is 2.69. The highest BCUT2D eigenvalue weighted by molar-refractivity contribution is 7.86. The minimum Gasteiger partial charge on any atom is -0.363 e. The van der Waals surface area contributed by atoms with Crippen LogP contribution in [0.3, 0.4) is 0 Å². The van der Waals surface area contributed by atoms with Crippen LogP contribution >= 0.6 is 12.4 Å². The first kappa shape index (κ1) is 16.1. The van der Waals surface area contributed by atoms with Crippen LogP contribution in [0.15, 0.2) is 0 Å². The van der Waals surface area contributed by atoms with Gasteiger partial charge in [0.25, 0.3) is 10.2 Å². The van der Waals surface area contributed by atoms with Gasteiger partial charge in [0.2, 0.25) is 0 Å². The van der Waals surface area contributed by atoms with E-state index in [1.165, 1.54) is 4.31 Å². The summed E-state index contributed by atoms with van der Waals surface area (Å²) in [5.74, 6) is 0. The molecular weight excluding hydrogens is 280 g/mol. The largest absolute Gasteiger partial charge is 0.363 e. The number of piperidine rings is 1. The molecule has 108 valence electrons. The van der Waals surface area contributed by atoms with Gasteiger partial charge in [0.05, 0.1) is 13.3 Å². The van der Waals surface area contributed by atoms with E-state index in [0.29, 0.717) is 19.9 Å². The monoisotopic (exact) mass is 300 g/mol. The van der Waals surface area contributed by atoms with Crippen molar-refractivity contribution in [2.75, 3.05) is 33.5 Å². The molecule has 2 fully saturated rings. The predicted molar refractivity (Wildman–Crippen MR) is 70.5 cm³/mol. The van der Waals surface area contributed by atoms with E-state index in [1.54, 1.807) is 0 Å². The molecule has 2 unspecified atom stereocenters. The smallest absolute Gasteiger partial charge is 0.278 e. The number of hydrogen-bond donors (Lipinski definition) is 2. The fraction of sp³-hybridized carbons (Fsp3) is 1.00. The summed E-state index contributed by atoms with van der Waals surface area (Å²) >= 11 is 0. The van der Waals surface area contributed by atoms with Crippen molar-refractivity contribution in [1.29, 1.82) is 0 Å². The third-order valence-corrected chi connectivity index (χ3v) is 4.40. The first-order valence-electron chi connectivity index (χ1n) is 5.79. The molecule has 0 spiro atoms. The van der Waals surface area contributed by atoms with E-state index < -0.39 is 10.2 Å². The topological polar surface area (TPSA) is 87.9 Å². The van der Waals surface area contributed by atoms with Gasteiger partial charge in [-0.1, -0.05) is 0 Å². The Labute approximate surface area is 114 Å². The Kier molecular flexibility index (Phi) is 5.78. The van der Waals surface area contributed by atoms with Crippen LogP contribution in [0.2, 0.25) is 0 Å². The fourth-order valence-electron chi connectivity index (χ4n) is 2.53. The van der Waals surface area contributed by atoms with Crippen LogP contribution in [0.4, 0.5) is 0 Å². The molecule has 2 heterocycles. The zero-order valence-corrected chi connectivity index (χ0v) is 12.0. The summed E-state index contributed by atoms with van der Waals surface area (Å²) in [6.07, 6.45) is 1.50. The van der Waals surface area contributed by atoms with Crippen molar-refractivity contribution in [1.82, 2.24) is 14.5 Å². The van der Waals surface area contributed by atoms with Crippen molar-refractivity contribution in [2.24, 2.45) is 5.14 Å². The zero-order valence-electron chi connectivity index (χ0n) is 10.4. The summed E-state index contributed by atoms with van der Waals surface area (Å²) in [6.45, 7) is 2.45. The van der Waals surface area contributed by atoms with E-state index >= 15 is 0 Å². The van der Waals surface area contributed by atoms with Crippen molar-refractivity contribution in [3.05, 3.63) is 0 Å². The molecule has 0 aromatic rings. The molecular formula is C9H21ClN4O3S. The molecule has 0 saturated carbocycles. The van der Waals surface area contributed by atoms with Crippen molar-refractivity contribution >= 4 is 22.6 Å². The van der Waals surface area contributed by atoms with Crippen molar-refractivity contribution in [3.8, 4) is 0 Å². The summed E-state index contributed by atoms with van der Waals surface area (Å²) in [7, 11) is -1.72. The zero-order chi connectivity index (χ0) is 12.5. The molecule has 3 N–H and O–H groups in total. The number of nitrogens with two attached hydrogens (primary N) is 1. The Morgan fingerprint density at radius 3 is 2.72 bits per heavy atom. The van der Waals surface area contributed by atoms with Gasteiger partial charge in [-0.05, 0) is 26.4 Å². The third-order valence-electron chi connectivity index (χ3n) is 3.26. The first-order valence-corrected chi connectivity index (χ1v) is 7.30. The van der Waals surface area contributed by atoms with E-state index in [-0.39, 0.29) is 24.6 Å². The molecule has 0 radical (unpaired) electrons. The summed E-state index contributed by atoms with van der Waals surface area (Å²) in [4.78, 5) is 2.13. The number of likely N-dealkylation sites (tertiary alicyclic amines) is 1. The van der Waals surface area contributed by atoms with Gasteiger partial charge in [0.1, 0.15) is 6.17 Å². The Morgan fingerprint density at radius 2 is 2.22 bits per heavy atom. The van der Waals surface area contributed by atoms with Crippen LogP contribution < -0.4 is 10.5 Å². The van der Waals surface area contributed by atoms with Crippen LogP contribution in [0.1, 0.15) is 12.8 Å². The number of ether oxygens (including phenoxy) is 1. The molecule has 0 aliphatic carbocycles. The first-order chi connectivity index (χ1) is 7.98. The Bertz CT molecular complexity index is 361. The number of nitrogens with zero attached hydrogens (tertiary/aromatic N) is 2. The summed E-state index contributed by atoms with van der Waals surface area (Å²) in [6, 6.07) is -0.0667. The minimum atomic E-state index is -3.71. The number of likely N-dealkylation sites (N-methyl/N-ethyl adjacent to an activating group) is 1. The minimum absolute atomic E-state index is 0. The molecule has 0 aromatic carbocycles. The Morgan fingerprint density at radius 1 is 1.50 bits per heavy atom. The van der Waals surface area contributed by atoms with Crippen LogP contribution in [-0.2, 0) is 14.9 Å². The Balaban J connectivity index is 0.00000162. The maximum Gasteiger partial charge on any atom is 0.278 e. The van der Waals surface area contributed by atoms with Gasteiger partial charge in [0.15, 0.2) is 0 Å². The van der Waals surface area contributed by atoms with Gasteiger partial charge >= 0.3 is 0 Å². The van der Waals surface area contributed by atoms with E-state index in [0.717, 1.165) is 19.4 Å². The molecule has 0 amide bonds. The number of nitrogens with one attached hydrogen (secondary N) is 1. The lowest BCUT2D eigenvalue weighted by atomic mass is 10.1. The maximum absolute atomic E-state index is 11.7. The predicted octanol–water partition coefficient (Wildman–Crippen LogP) is -1.09. The van der Waals surface area contributed by atoms with Gasteiger partial charge < -0.3 is 9.64 Å². The van der Waals surface area contributed by atoms with Gasteiger partial charge in [-0.3, -0.25) is 5.32 Å². The molecule has 0 aromatic heterocycles. The summed E-state index contributed by atoms with van der Waals surface area (Å²) in [5.41, 5.74) is 0. The lowest BCUT2D eigenvalue weighted by Gasteiger charge is -2.38. The summed E-state index contributed by atoms with van der Waals surface area (Å²) < 4.78 is 30.0. The second kappa shape index (κ2) is 6.47. The molecule has 2 aliphatic heterocycles. The second-order valence-corrected chi connectivity index (χ2v) is 6.12. The van der Waals surface area contributed by atoms with Gasteiger partial charge in [-0.25, -0.2) is 5.14 Å². The summed E-state index contributed by atoms with van der Waals surface area (Å²) in [5, 5.41) is 8.32. The molecule has 2 rings (SSSR count). The number of rotatable bonds is 3. The van der Waals surface area contributed by atoms with Crippen LogP contribution in [0.5, 0.6) is 0 Å². The molecule has 7 nitrogen and oxygen atoms in total. The Hall–Kier alpha value is 0.0400. The van der Waals surface area contributed by atoms with Gasteiger partial charge in [0, 0.05) is 12.6 Å². The molecule has 18 heavy (non-hydrogen) atoms. The lowest BCUT2D eigenvalue weighted by Crippen LogP contribution is -2.58. The highest BCUT2D eigenvalue weighted by Crippen LogP contribution is 2.20. The number of hydrogen-bond acceptors (Lipinski definition) is 5. The highest BCUT2D eigenvalue weighted by Gasteiger charge is 2.37. The fourth-order valence-corrected chi connectivity index (χ4v) is 3.61. The quantitative estimate of drug-likeness (QED) is 0.692. The number of halogens is 1. The van der Waals surface area contributed by atoms with Crippen LogP contribution in [0.25, 0.3) is 0 Å². The van der Waals surface area contributed by atoms with Crippen LogP contribution in [0, 0.1) is 0 Å². The third kappa shape index (κ3) is 3.77. The maximum atomic E-state index is 11.7. The molecule has 0 bridgehead atoms. The molecule has 2 aliphatic rings. The van der Waals surface area contributed by atoms with Gasteiger partial charge in [-0.15, -0.1) is 12.4 Å². The van der Waals surface area contributed by atoms with E-state index in [9.17, 15) is 8.42 Å². The van der Waals surface area contributed by atoms with E-state index in [4.69, 9.17) is 9.88 Å².